The molecule has 278 valence electrons. The van der Waals surface area contributed by atoms with Gasteiger partial charge in [0.25, 0.3) is 0 Å². The number of benzene rings is 4. The van der Waals surface area contributed by atoms with Gasteiger partial charge in [-0.05, 0) is 133 Å². The molecule has 0 spiro atoms. The summed E-state index contributed by atoms with van der Waals surface area (Å²) in [6.45, 7) is 2.61. The van der Waals surface area contributed by atoms with E-state index in [4.69, 9.17) is 19.7 Å². The Kier molecular flexibility index (Phi) is 14.0. The summed E-state index contributed by atoms with van der Waals surface area (Å²) in [5.41, 5.74) is -1.15. The average Bonchev–Trinajstić information content (AvgIpc) is 3.07. The molecule has 0 fully saturated rings. The lowest BCUT2D eigenvalue weighted by Crippen LogP contribution is -2.12. The highest BCUT2D eigenvalue weighted by Crippen LogP contribution is 2.43. The van der Waals surface area contributed by atoms with Crippen LogP contribution < -0.4 is 9.47 Å². The van der Waals surface area contributed by atoms with Crippen LogP contribution in [0.4, 0.5) is 26.3 Å². The van der Waals surface area contributed by atoms with E-state index in [0.717, 1.165) is 45.2 Å². The molecule has 52 heavy (non-hydrogen) atoms. The molecule has 0 heterocycles. The number of alkyl halides is 6. The monoisotopic (exact) mass is 766 g/mol. The lowest BCUT2D eigenvalue weighted by Gasteiger charge is -2.19. The first-order chi connectivity index (χ1) is 24.5. The Morgan fingerprint density at radius 3 is 1.31 bits per heavy atom. The van der Waals surface area contributed by atoms with Crippen LogP contribution in [0.1, 0.15) is 46.2 Å². The normalized spacial score (nSPS) is 11.8. The van der Waals surface area contributed by atoms with Crippen molar-refractivity contribution in [1.29, 1.82) is 0 Å². The Morgan fingerprint density at radius 2 is 0.981 bits per heavy atom. The number of aryl methyl sites for hydroxylation is 4. The highest BCUT2D eigenvalue weighted by molar-refractivity contribution is 7.99. The molecule has 4 aromatic carbocycles. The number of carboxylic acid groups (broad SMARTS) is 2. The van der Waals surface area contributed by atoms with Gasteiger partial charge in [-0.25, -0.2) is 9.59 Å². The standard InChI is InChI=1S/C38H36F6O6S2/c1-23-17-27(9-13-33(23)49-21-35(45)46)51-15-3-5-25-7-11-29(31(19-25)37(39,40)41)30-12-8-26(20-32(30)38(42,43)44)6-4-16-52-28-10-14-34(24(2)18-28)50-22-36(47)48/h7-14,17-20H,3-6,15-16,21-22H2,1-2H3,(H,45,46)(H,47,48). The second-order valence-corrected chi connectivity index (χ2v) is 14.2. The number of thioether (sulfide) groups is 2. The molecule has 14 heteroatoms. The van der Waals surface area contributed by atoms with Crippen molar-refractivity contribution in [2.45, 2.75) is 61.7 Å². The fraction of sp³-hybridized carbons (Fsp3) is 0.316. The van der Waals surface area contributed by atoms with Gasteiger partial charge in [0.2, 0.25) is 0 Å². The highest BCUT2D eigenvalue weighted by atomic mass is 32.2. The summed E-state index contributed by atoms with van der Waals surface area (Å²) in [5.74, 6) is -0.197. The summed E-state index contributed by atoms with van der Waals surface area (Å²) < 4.78 is 96.3. The molecule has 4 aromatic rings. The number of rotatable bonds is 17. The van der Waals surface area contributed by atoms with Crippen LogP contribution in [0.25, 0.3) is 11.1 Å². The number of aliphatic carboxylic acids is 2. The summed E-state index contributed by atoms with van der Waals surface area (Å²) in [7, 11) is 0. The summed E-state index contributed by atoms with van der Waals surface area (Å²) in [6.07, 6.45) is -8.21. The van der Waals surface area contributed by atoms with Gasteiger partial charge in [-0.3, -0.25) is 0 Å². The fourth-order valence-corrected chi connectivity index (χ4v) is 7.29. The van der Waals surface area contributed by atoms with E-state index in [0.29, 0.717) is 47.0 Å². The molecule has 0 bridgehead atoms. The zero-order chi connectivity index (χ0) is 38.1. The summed E-state index contributed by atoms with van der Waals surface area (Å²) in [6, 6.07) is 17.4. The first-order valence-corrected chi connectivity index (χ1v) is 18.0. The van der Waals surface area contributed by atoms with Crippen molar-refractivity contribution >= 4 is 35.5 Å². The van der Waals surface area contributed by atoms with Gasteiger partial charge in [0.05, 0.1) is 11.1 Å². The maximum Gasteiger partial charge on any atom is 0.417 e. The molecule has 0 unspecified atom stereocenters. The molecule has 6 nitrogen and oxygen atoms in total. The minimum absolute atomic E-state index is 0.278. The summed E-state index contributed by atoms with van der Waals surface area (Å²) in [5, 5.41) is 17.6. The molecule has 0 saturated carbocycles. The molecule has 0 aliphatic heterocycles. The maximum absolute atomic E-state index is 14.3. The van der Waals surface area contributed by atoms with Gasteiger partial charge in [0.15, 0.2) is 13.2 Å². The average molecular weight is 767 g/mol. The quantitative estimate of drug-likeness (QED) is 0.0624. The number of hydrogen-bond donors (Lipinski definition) is 2. The van der Waals surface area contributed by atoms with Gasteiger partial charge in [-0.2, -0.15) is 26.3 Å². The van der Waals surface area contributed by atoms with Crippen molar-refractivity contribution in [2.75, 3.05) is 24.7 Å². The molecule has 0 aromatic heterocycles. The smallest absolute Gasteiger partial charge is 0.417 e. The predicted molar refractivity (Wildman–Crippen MR) is 189 cm³/mol. The van der Waals surface area contributed by atoms with E-state index in [9.17, 15) is 35.9 Å². The third kappa shape index (κ3) is 11.9. The van der Waals surface area contributed by atoms with E-state index in [2.05, 4.69) is 0 Å². The Morgan fingerprint density at radius 1 is 0.596 bits per heavy atom. The SMILES string of the molecule is Cc1cc(SCCCc2ccc(-c3ccc(CCCSc4ccc(OCC(=O)O)c(C)c4)cc3C(F)(F)F)c(C(F)(F)F)c2)ccc1OCC(=O)O. The first kappa shape index (κ1) is 40.5. The lowest BCUT2D eigenvalue weighted by molar-refractivity contribution is -0.140. The molecular weight excluding hydrogens is 731 g/mol. The molecule has 0 saturated heterocycles. The highest BCUT2D eigenvalue weighted by Gasteiger charge is 2.38. The fourth-order valence-electron chi connectivity index (χ4n) is 5.39. The molecule has 0 amide bonds. The van der Waals surface area contributed by atoms with E-state index < -0.39 is 59.8 Å². The molecule has 0 aliphatic carbocycles. The Balaban J connectivity index is 1.41. The van der Waals surface area contributed by atoms with Crippen LogP contribution in [0.15, 0.2) is 82.6 Å². The van der Waals surface area contributed by atoms with Crippen molar-refractivity contribution in [3.8, 4) is 22.6 Å². The molecule has 0 radical (unpaired) electrons. The molecular formula is C38H36F6O6S2. The zero-order valence-corrected chi connectivity index (χ0v) is 29.8. The van der Waals surface area contributed by atoms with E-state index >= 15 is 0 Å². The van der Waals surface area contributed by atoms with E-state index in [1.54, 1.807) is 38.1 Å². The third-order valence-corrected chi connectivity index (χ3v) is 9.98. The Hall–Kier alpha value is -4.30. The van der Waals surface area contributed by atoms with Crippen LogP contribution in [0.2, 0.25) is 0 Å². The second kappa shape index (κ2) is 18.0. The van der Waals surface area contributed by atoms with Crippen molar-refractivity contribution in [1.82, 2.24) is 0 Å². The van der Waals surface area contributed by atoms with E-state index in [1.165, 1.54) is 35.7 Å². The summed E-state index contributed by atoms with van der Waals surface area (Å²) >= 11 is 2.94. The minimum atomic E-state index is -4.89. The van der Waals surface area contributed by atoms with Crippen LogP contribution in [0.3, 0.4) is 0 Å². The van der Waals surface area contributed by atoms with Gasteiger partial charge >= 0.3 is 24.3 Å². The molecule has 0 aliphatic rings. The number of hydrogen-bond acceptors (Lipinski definition) is 6. The van der Waals surface area contributed by atoms with Gasteiger partial charge in [-0.15, -0.1) is 23.5 Å². The van der Waals surface area contributed by atoms with E-state index in [1.807, 2.05) is 12.1 Å². The predicted octanol–water partition coefficient (Wildman–Crippen LogP) is 10.4. The second-order valence-electron chi connectivity index (χ2n) is 11.9. The number of carboxylic acids is 2. The number of carbonyl (C=O) groups is 2. The Labute approximate surface area is 305 Å². The minimum Gasteiger partial charge on any atom is -0.482 e. The van der Waals surface area contributed by atoms with Crippen LogP contribution in [-0.4, -0.2) is 46.9 Å². The molecule has 2 N–H and O–H groups in total. The summed E-state index contributed by atoms with van der Waals surface area (Å²) in [4.78, 5) is 23.2. The van der Waals surface area contributed by atoms with Gasteiger partial charge in [-0.1, -0.05) is 24.3 Å². The van der Waals surface area contributed by atoms with Gasteiger partial charge < -0.3 is 19.7 Å². The maximum atomic E-state index is 14.3. The number of ether oxygens (including phenoxy) is 2. The third-order valence-electron chi connectivity index (χ3n) is 7.82. The van der Waals surface area contributed by atoms with Crippen LogP contribution in [-0.2, 0) is 34.8 Å². The van der Waals surface area contributed by atoms with Crippen LogP contribution in [0.5, 0.6) is 11.5 Å². The lowest BCUT2D eigenvalue weighted by atomic mass is 9.91. The van der Waals surface area contributed by atoms with Gasteiger partial charge in [0, 0.05) is 9.79 Å². The van der Waals surface area contributed by atoms with Crippen molar-refractivity contribution in [3.05, 3.63) is 106 Å². The van der Waals surface area contributed by atoms with E-state index in [-0.39, 0.29) is 12.8 Å². The number of halogens is 6. The molecule has 0 atom stereocenters. The largest absolute Gasteiger partial charge is 0.482 e. The topological polar surface area (TPSA) is 93.1 Å². The zero-order valence-electron chi connectivity index (χ0n) is 28.2. The molecule has 4 rings (SSSR count). The van der Waals surface area contributed by atoms with Crippen molar-refractivity contribution in [3.63, 3.8) is 0 Å². The van der Waals surface area contributed by atoms with Crippen molar-refractivity contribution < 1.29 is 55.6 Å². The Bertz CT molecular complexity index is 1740. The van der Waals surface area contributed by atoms with Crippen molar-refractivity contribution in [2.24, 2.45) is 0 Å². The first-order valence-electron chi connectivity index (χ1n) is 16.1. The van der Waals surface area contributed by atoms with Crippen LogP contribution in [0, 0.1) is 13.8 Å². The van der Waals surface area contributed by atoms with Crippen LogP contribution >= 0.6 is 23.5 Å². The van der Waals surface area contributed by atoms with Gasteiger partial charge in [0.1, 0.15) is 11.5 Å².